The predicted octanol–water partition coefficient (Wildman–Crippen LogP) is 0.369. The van der Waals surface area contributed by atoms with Crippen molar-refractivity contribution in [3.05, 3.63) is 11.7 Å². The molecule has 0 aliphatic carbocycles. The van der Waals surface area contributed by atoms with Crippen molar-refractivity contribution in [2.24, 2.45) is 0 Å². The third-order valence-electron chi connectivity index (χ3n) is 3.56. The Morgan fingerprint density at radius 2 is 2.22 bits per heavy atom. The molecule has 0 bridgehead atoms. The van der Waals surface area contributed by atoms with Crippen LogP contribution in [0.2, 0.25) is 0 Å². The van der Waals surface area contributed by atoms with Crippen molar-refractivity contribution in [1.82, 2.24) is 20.4 Å². The maximum Gasteiger partial charge on any atom is 0.227 e. The smallest absolute Gasteiger partial charge is 0.227 e. The molecule has 6 heteroatoms. The first-order valence-corrected chi connectivity index (χ1v) is 6.78. The third kappa shape index (κ3) is 2.88. The Bertz CT molecular complexity index is 370. The second-order valence-corrected chi connectivity index (χ2v) is 4.93. The van der Waals surface area contributed by atoms with E-state index in [1.54, 1.807) is 0 Å². The van der Waals surface area contributed by atoms with Crippen LogP contribution in [0.4, 0.5) is 0 Å². The summed E-state index contributed by atoms with van der Waals surface area (Å²) >= 11 is 0. The van der Waals surface area contributed by atoms with Crippen molar-refractivity contribution in [2.45, 2.75) is 25.3 Å². The van der Waals surface area contributed by atoms with Crippen LogP contribution >= 0.6 is 0 Å². The molecule has 1 unspecified atom stereocenters. The zero-order valence-corrected chi connectivity index (χ0v) is 10.6. The van der Waals surface area contributed by atoms with Crippen molar-refractivity contribution >= 4 is 0 Å². The fourth-order valence-electron chi connectivity index (χ4n) is 2.50. The van der Waals surface area contributed by atoms with Crippen LogP contribution in [0.15, 0.2) is 4.52 Å². The topological polar surface area (TPSA) is 63.4 Å². The van der Waals surface area contributed by atoms with Crippen molar-refractivity contribution in [2.75, 3.05) is 39.4 Å². The first-order chi connectivity index (χ1) is 8.92. The van der Waals surface area contributed by atoms with Crippen LogP contribution in [0.5, 0.6) is 0 Å². The summed E-state index contributed by atoms with van der Waals surface area (Å²) < 4.78 is 10.7. The van der Waals surface area contributed by atoms with E-state index in [0.29, 0.717) is 6.61 Å². The summed E-state index contributed by atoms with van der Waals surface area (Å²) in [5.74, 6) is 1.47. The third-order valence-corrected chi connectivity index (χ3v) is 3.56. The van der Waals surface area contributed by atoms with E-state index >= 15 is 0 Å². The average Bonchev–Trinajstić information content (AvgIpc) is 3.09. The van der Waals surface area contributed by atoms with Gasteiger partial charge in [0, 0.05) is 19.5 Å². The molecule has 1 aromatic rings. The molecule has 1 atom stereocenters. The molecule has 0 radical (unpaired) electrons. The first-order valence-electron chi connectivity index (χ1n) is 6.78. The van der Waals surface area contributed by atoms with Gasteiger partial charge in [-0.15, -0.1) is 0 Å². The number of nitrogens with zero attached hydrogens (tertiary/aromatic N) is 3. The van der Waals surface area contributed by atoms with Gasteiger partial charge in [-0.3, -0.25) is 0 Å². The van der Waals surface area contributed by atoms with Crippen LogP contribution < -0.4 is 5.32 Å². The lowest BCUT2D eigenvalue weighted by Gasteiger charge is -2.20. The Kier molecular flexibility index (Phi) is 3.87. The van der Waals surface area contributed by atoms with Crippen molar-refractivity contribution in [1.29, 1.82) is 0 Å². The molecule has 3 rings (SSSR count). The molecule has 1 N–H and O–H groups in total. The molecule has 0 aromatic carbocycles. The van der Waals surface area contributed by atoms with Crippen LogP contribution in [0, 0.1) is 0 Å². The molecular formula is C12H20N4O2. The molecule has 18 heavy (non-hydrogen) atoms. The molecule has 6 nitrogen and oxygen atoms in total. The predicted molar refractivity (Wildman–Crippen MR) is 65.2 cm³/mol. The highest BCUT2D eigenvalue weighted by molar-refractivity contribution is 4.96. The van der Waals surface area contributed by atoms with Crippen molar-refractivity contribution < 1.29 is 9.26 Å². The number of nitrogens with one attached hydrogen (secondary N) is 1. The molecule has 2 saturated heterocycles. The van der Waals surface area contributed by atoms with Gasteiger partial charge in [0.25, 0.3) is 0 Å². The van der Waals surface area contributed by atoms with Crippen LogP contribution in [0.25, 0.3) is 0 Å². The second-order valence-electron chi connectivity index (χ2n) is 4.93. The number of hydrogen-bond donors (Lipinski definition) is 1. The Labute approximate surface area is 107 Å². The standard InChI is InChI=1S/C12H20N4O2/c1-2-6-16(5-1)7-3-11-14-12(15-18-11)10-9-17-8-4-13-10/h10,13H,1-9H2. The molecule has 3 heterocycles. The van der Waals surface area contributed by atoms with Crippen molar-refractivity contribution in [3.63, 3.8) is 0 Å². The minimum atomic E-state index is 0.0861. The van der Waals surface area contributed by atoms with Gasteiger partial charge < -0.3 is 19.5 Å². The van der Waals surface area contributed by atoms with Gasteiger partial charge in [0.05, 0.1) is 19.3 Å². The summed E-state index contributed by atoms with van der Waals surface area (Å²) in [4.78, 5) is 6.90. The lowest BCUT2D eigenvalue weighted by molar-refractivity contribution is 0.0734. The van der Waals surface area contributed by atoms with Gasteiger partial charge >= 0.3 is 0 Å². The van der Waals surface area contributed by atoms with Gasteiger partial charge in [-0.25, -0.2) is 0 Å². The fraction of sp³-hybridized carbons (Fsp3) is 0.833. The largest absolute Gasteiger partial charge is 0.378 e. The molecule has 2 aliphatic rings. The van der Waals surface area contributed by atoms with Gasteiger partial charge in [0.1, 0.15) is 0 Å². The lowest BCUT2D eigenvalue weighted by atomic mass is 10.2. The Balaban J connectivity index is 1.52. The molecular weight excluding hydrogens is 232 g/mol. The summed E-state index contributed by atoms with van der Waals surface area (Å²) in [6.07, 6.45) is 3.48. The van der Waals surface area contributed by atoms with E-state index in [4.69, 9.17) is 9.26 Å². The fourth-order valence-corrected chi connectivity index (χ4v) is 2.50. The number of morpholine rings is 1. The highest BCUT2D eigenvalue weighted by Gasteiger charge is 2.21. The summed E-state index contributed by atoms with van der Waals surface area (Å²) in [7, 11) is 0. The number of aromatic nitrogens is 2. The van der Waals surface area contributed by atoms with Crippen LogP contribution in [-0.4, -0.2) is 54.4 Å². The summed E-state index contributed by atoms with van der Waals surface area (Å²) in [6, 6.07) is 0.0861. The molecule has 100 valence electrons. The molecule has 0 amide bonds. The zero-order valence-electron chi connectivity index (χ0n) is 10.6. The normalized spacial score (nSPS) is 25.7. The number of ether oxygens (including phenoxy) is 1. The van der Waals surface area contributed by atoms with Gasteiger partial charge in [0.15, 0.2) is 5.82 Å². The van der Waals surface area contributed by atoms with Gasteiger partial charge in [-0.05, 0) is 25.9 Å². The zero-order chi connectivity index (χ0) is 12.2. The van der Waals surface area contributed by atoms with E-state index in [1.165, 1.54) is 25.9 Å². The van der Waals surface area contributed by atoms with Gasteiger partial charge in [0.2, 0.25) is 5.89 Å². The lowest BCUT2D eigenvalue weighted by Crippen LogP contribution is -2.35. The van der Waals surface area contributed by atoms with E-state index in [9.17, 15) is 0 Å². The highest BCUT2D eigenvalue weighted by atomic mass is 16.5. The summed E-state index contributed by atoms with van der Waals surface area (Å²) in [5, 5.41) is 7.36. The van der Waals surface area contributed by atoms with Crippen LogP contribution in [-0.2, 0) is 11.2 Å². The SMILES string of the molecule is C1CCN(CCc2nc(C3COCCN3)no2)C1. The molecule has 0 saturated carbocycles. The molecule has 2 fully saturated rings. The van der Waals surface area contributed by atoms with E-state index in [1.807, 2.05) is 0 Å². The summed E-state index contributed by atoms with van der Waals surface area (Å²) in [5.41, 5.74) is 0. The Hall–Kier alpha value is -0.980. The van der Waals surface area contributed by atoms with Crippen LogP contribution in [0.3, 0.4) is 0 Å². The maximum absolute atomic E-state index is 5.39. The maximum atomic E-state index is 5.39. The van der Waals surface area contributed by atoms with Crippen LogP contribution in [0.1, 0.15) is 30.6 Å². The van der Waals surface area contributed by atoms with Gasteiger partial charge in [-0.2, -0.15) is 4.98 Å². The van der Waals surface area contributed by atoms with E-state index in [0.717, 1.165) is 37.8 Å². The van der Waals surface area contributed by atoms with E-state index in [-0.39, 0.29) is 6.04 Å². The molecule has 0 spiro atoms. The van der Waals surface area contributed by atoms with Gasteiger partial charge in [-0.1, -0.05) is 5.16 Å². The highest BCUT2D eigenvalue weighted by Crippen LogP contribution is 2.13. The number of likely N-dealkylation sites (tertiary alicyclic amines) is 1. The van der Waals surface area contributed by atoms with Crippen molar-refractivity contribution in [3.8, 4) is 0 Å². The number of rotatable bonds is 4. The monoisotopic (exact) mass is 252 g/mol. The first kappa shape index (κ1) is 12.1. The summed E-state index contributed by atoms with van der Waals surface area (Å²) in [6.45, 7) is 5.68. The quantitative estimate of drug-likeness (QED) is 0.835. The minimum Gasteiger partial charge on any atom is -0.378 e. The van der Waals surface area contributed by atoms with E-state index < -0.39 is 0 Å². The number of hydrogen-bond acceptors (Lipinski definition) is 6. The molecule has 2 aliphatic heterocycles. The van der Waals surface area contributed by atoms with E-state index in [2.05, 4.69) is 20.4 Å². The molecule has 1 aromatic heterocycles. The second kappa shape index (κ2) is 5.77. The minimum absolute atomic E-state index is 0.0861. The Morgan fingerprint density at radius 1 is 1.33 bits per heavy atom. The Morgan fingerprint density at radius 3 is 3.00 bits per heavy atom. The average molecular weight is 252 g/mol.